The highest BCUT2D eigenvalue weighted by molar-refractivity contribution is 5.78. The highest BCUT2D eigenvalue weighted by Crippen LogP contribution is 2.33. The quantitative estimate of drug-likeness (QED) is 0.495. The summed E-state index contributed by atoms with van der Waals surface area (Å²) in [4.78, 5) is 19.6. The van der Waals surface area contributed by atoms with Crippen LogP contribution in [0.1, 0.15) is 51.6 Å². The molecule has 1 atom stereocenters. The van der Waals surface area contributed by atoms with E-state index in [9.17, 15) is 4.79 Å². The maximum Gasteiger partial charge on any atom is 0.226 e. The van der Waals surface area contributed by atoms with Crippen molar-refractivity contribution in [2.75, 3.05) is 46.1 Å². The van der Waals surface area contributed by atoms with Crippen molar-refractivity contribution < 1.29 is 19.0 Å². The van der Waals surface area contributed by atoms with Gasteiger partial charge >= 0.3 is 0 Å². The monoisotopic (exact) mass is 495 g/mol. The molecule has 1 saturated carbocycles. The Balaban J connectivity index is 1.37. The van der Waals surface area contributed by atoms with Gasteiger partial charge < -0.3 is 19.5 Å². The van der Waals surface area contributed by atoms with Crippen molar-refractivity contribution in [1.29, 1.82) is 0 Å². The molecule has 1 aliphatic carbocycles. The Bertz CT molecular complexity index is 953. The highest BCUT2D eigenvalue weighted by atomic mass is 16.5. The number of amides is 1. The summed E-state index contributed by atoms with van der Waals surface area (Å²) in [6, 6.07) is 10.1. The minimum Gasteiger partial charge on any atom is -0.494 e. The van der Waals surface area contributed by atoms with Gasteiger partial charge in [0.1, 0.15) is 18.1 Å². The number of ether oxygens (including phenoxy) is 3. The lowest BCUT2D eigenvalue weighted by molar-refractivity contribution is -0.121. The van der Waals surface area contributed by atoms with Crippen LogP contribution in [-0.4, -0.2) is 67.9 Å². The van der Waals surface area contributed by atoms with Gasteiger partial charge in [0.25, 0.3) is 0 Å². The van der Waals surface area contributed by atoms with Crippen molar-refractivity contribution in [3.05, 3.63) is 42.2 Å². The van der Waals surface area contributed by atoms with E-state index in [1.54, 1.807) is 0 Å². The molecular weight excluding hydrogens is 454 g/mol. The fourth-order valence-electron chi connectivity index (χ4n) is 5.14. The number of morpholine rings is 1. The van der Waals surface area contributed by atoms with E-state index in [2.05, 4.69) is 22.1 Å². The van der Waals surface area contributed by atoms with E-state index in [-0.39, 0.29) is 11.9 Å². The summed E-state index contributed by atoms with van der Waals surface area (Å²) in [6.45, 7) is 9.59. The summed E-state index contributed by atoms with van der Waals surface area (Å²) < 4.78 is 17.4. The largest absolute Gasteiger partial charge is 0.494 e. The zero-order valence-electron chi connectivity index (χ0n) is 21.8. The maximum absolute atomic E-state index is 12.6. The molecule has 1 aromatic heterocycles. The number of pyridine rings is 1. The molecule has 36 heavy (non-hydrogen) atoms. The zero-order valence-corrected chi connectivity index (χ0v) is 21.8. The molecule has 0 unspecified atom stereocenters. The fourth-order valence-corrected chi connectivity index (χ4v) is 5.14. The van der Waals surface area contributed by atoms with Gasteiger partial charge in [0.15, 0.2) is 0 Å². The molecule has 1 aliphatic heterocycles. The third-order valence-corrected chi connectivity index (χ3v) is 7.26. The van der Waals surface area contributed by atoms with E-state index in [0.29, 0.717) is 25.6 Å². The lowest BCUT2D eigenvalue weighted by Gasteiger charge is -2.28. The van der Waals surface area contributed by atoms with Gasteiger partial charge in [-0.05, 0) is 50.8 Å². The van der Waals surface area contributed by atoms with E-state index in [0.717, 1.165) is 61.2 Å². The Labute approximate surface area is 215 Å². The van der Waals surface area contributed by atoms with Gasteiger partial charge in [-0.25, -0.2) is 0 Å². The van der Waals surface area contributed by atoms with E-state index in [1.807, 2.05) is 43.5 Å². The molecule has 1 amide bonds. The third kappa shape index (κ3) is 7.68. The van der Waals surface area contributed by atoms with Gasteiger partial charge in [0.2, 0.25) is 5.91 Å². The average molecular weight is 496 g/mol. The molecule has 0 bridgehead atoms. The van der Waals surface area contributed by atoms with Crippen molar-refractivity contribution in [3.63, 3.8) is 0 Å². The van der Waals surface area contributed by atoms with Crippen LogP contribution in [0.25, 0.3) is 11.1 Å². The van der Waals surface area contributed by atoms with Crippen LogP contribution in [-0.2, 0) is 16.0 Å². The van der Waals surface area contributed by atoms with E-state index in [1.165, 1.54) is 32.1 Å². The van der Waals surface area contributed by atoms with Crippen LogP contribution < -0.4 is 14.8 Å². The van der Waals surface area contributed by atoms with Crippen LogP contribution in [0.15, 0.2) is 36.5 Å². The zero-order chi connectivity index (χ0) is 25.2. The Morgan fingerprint density at radius 2 is 1.94 bits per heavy atom. The number of nitrogens with zero attached hydrogens (tertiary/aromatic N) is 2. The summed E-state index contributed by atoms with van der Waals surface area (Å²) in [5.74, 6) is 2.21. The summed E-state index contributed by atoms with van der Waals surface area (Å²) in [6.07, 6.45) is 8.43. The lowest BCUT2D eigenvalue weighted by Crippen LogP contribution is -2.39. The molecule has 1 N–H and O–H groups in total. The summed E-state index contributed by atoms with van der Waals surface area (Å²) in [5.41, 5.74) is 2.70. The van der Waals surface area contributed by atoms with Gasteiger partial charge in [-0.2, -0.15) is 0 Å². The predicted molar refractivity (Wildman–Crippen MR) is 141 cm³/mol. The Kier molecular flexibility index (Phi) is 9.99. The van der Waals surface area contributed by atoms with Crippen molar-refractivity contribution in [2.45, 2.75) is 58.4 Å². The first-order valence-corrected chi connectivity index (χ1v) is 13.6. The van der Waals surface area contributed by atoms with Crippen molar-refractivity contribution in [2.24, 2.45) is 5.92 Å². The number of carbonyl (C=O) groups is 1. The number of aromatic nitrogens is 1. The predicted octanol–water partition coefficient (Wildman–Crippen LogP) is 4.49. The number of carbonyl (C=O) groups excluding carboxylic acids is 1. The summed E-state index contributed by atoms with van der Waals surface area (Å²) in [5, 5.41) is 3.20. The Morgan fingerprint density at radius 1 is 1.14 bits per heavy atom. The van der Waals surface area contributed by atoms with Crippen molar-refractivity contribution in [3.8, 4) is 22.6 Å². The van der Waals surface area contributed by atoms with Crippen molar-refractivity contribution >= 4 is 5.91 Å². The summed E-state index contributed by atoms with van der Waals surface area (Å²) >= 11 is 0. The average Bonchev–Trinajstić information content (AvgIpc) is 2.91. The fraction of sp³-hybridized carbons (Fsp3) is 0.586. The van der Waals surface area contributed by atoms with Crippen molar-refractivity contribution in [1.82, 2.24) is 15.2 Å². The van der Waals surface area contributed by atoms with E-state index in [4.69, 9.17) is 14.2 Å². The molecule has 4 rings (SSSR count). The molecule has 0 radical (unpaired) electrons. The van der Waals surface area contributed by atoms with Gasteiger partial charge in [0, 0.05) is 54.8 Å². The van der Waals surface area contributed by atoms with Crippen LogP contribution in [0.4, 0.5) is 0 Å². The van der Waals surface area contributed by atoms with Crippen LogP contribution in [0.2, 0.25) is 0 Å². The number of nitrogens with one attached hydrogen (secondary N) is 1. The Morgan fingerprint density at radius 3 is 2.67 bits per heavy atom. The highest BCUT2D eigenvalue weighted by Gasteiger charge is 2.21. The Hall–Kier alpha value is -2.64. The molecule has 7 heteroatoms. The minimum atomic E-state index is 0.0431. The smallest absolute Gasteiger partial charge is 0.226 e. The van der Waals surface area contributed by atoms with Gasteiger partial charge in [-0.1, -0.05) is 25.3 Å². The van der Waals surface area contributed by atoms with E-state index >= 15 is 0 Å². The van der Waals surface area contributed by atoms with Crippen LogP contribution in [0, 0.1) is 5.92 Å². The molecule has 196 valence electrons. The second-order valence-corrected chi connectivity index (χ2v) is 9.86. The lowest BCUT2D eigenvalue weighted by atomic mass is 9.84. The molecule has 2 fully saturated rings. The number of benzene rings is 1. The molecule has 7 nitrogen and oxygen atoms in total. The number of hydrogen-bond acceptors (Lipinski definition) is 6. The van der Waals surface area contributed by atoms with Gasteiger partial charge in [0.05, 0.1) is 26.2 Å². The normalized spacial score (nSPS) is 17.9. The SMILES string of the molecule is CCOc1ccc(-c2ccc(CC(=O)N[C@H](C)C3CCCCC3)nc2)c(OCCN2CCOCC2)c1. The molecule has 1 aromatic carbocycles. The maximum atomic E-state index is 12.6. The van der Waals surface area contributed by atoms with Crippen LogP contribution in [0.3, 0.4) is 0 Å². The van der Waals surface area contributed by atoms with Crippen LogP contribution in [0.5, 0.6) is 11.5 Å². The standard InChI is InChI=1S/C29H41N3O4/c1-3-35-26-11-12-27(28(20-26)36-18-15-32-13-16-34-17-14-32)24-9-10-25(30-21-24)19-29(33)31-22(2)23-7-5-4-6-8-23/h9-12,20-23H,3-8,13-19H2,1-2H3,(H,31,33)/t22-/m1/s1. The number of rotatable bonds is 11. The molecule has 2 aromatic rings. The first-order valence-electron chi connectivity index (χ1n) is 13.6. The third-order valence-electron chi connectivity index (χ3n) is 7.26. The molecule has 1 saturated heterocycles. The number of hydrogen-bond donors (Lipinski definition) is 1. The molecule has 2 aliphatic rings. The minimum absolute atomic E-state index is 0.0431. The molecular formula is C29H41N3O4. The second-order valence-electron chi connectivity index (χ2n) is 9.86. The molecule has 2 heterocycles. The second kappa shape index (κ2) is 13.6. The summed E-state index contributed by atoms with van der Waals surface area (Å²) in [7, 11) is 0. The topological polar surface area (TPSA) is 72.9 Å². The first kappa shape index (κ1) is 26.4. The van der Waals surface area contributed by atoms with Crippen LogP contribution >= 0.6 is 0 Å². The van der Waals surface area contributed by atoms with E-state index < -0.39 is 0 Å². The van der Waals surface area contributed by atoms with Gasteiger partial charge in [-0.3, -0.25) is 14.7 Å². The van der Waals surface area contributed by atoms with Gasteiger partial charge in [-0.15, -0.1) is 0 Å². The first-order chi connectivity index (χ1) is 17.6. The molecule has 0 spiro atoms.